The van der Waals surface area contributed by atoms with Crippen molar-refractivity contribution in [3.63, 3.8) is 0 Å². The van der Waals surface area contributed by atoms with Gasteiger partial charge in [0.2, 0.25) is 5.91 Å². The first-order valence-electron chi connectivity index (χ1n) is 6.27. The van der Waals surface area contributed by atoms with Crippen molar-refractivity contribution in [1.82, 2.24) is 15.2 Å². The van der Waals surface area contributed by atoms with Gasteiger partial charge in [0.25, 0.3) is 0 Å². The lowest BCUT2D eigenvalue weighted by Crippen LogP contribution is -2.42. The van der Waals surface area contributed by atoms with E-state index in [1.807, 2.05) is 29.9 Å². The molecule has 1 aliphatic heterocycles. The third-order valence-corrected chi connectivity index (χ3v) is 3.88. The fourth-order valence-corrected chi connectivity index (χ4v) is 2.44. The van der Waals surface area contributed by atoms with Gasteiger partial charge >= 0.3 is 0 Å². The predicted molar refractivity (Wildman–Crippen MR) is 67.5 cm³/mol. The second-order valence-corrected chi connectivity index (χ2v) is 4.85. The molecule has 1 aliphatic rings. The first-order valence-corrected chi connectivity index (χ1v) is 6.27. The molecule has 0 aliphatic carbocycles. The average Bonchev–Trinajstić information content (AvgIpc) is 2.95. The van der Waals surface area contributed by atoms with Crippen LogP contribution in [0.4, 0.5) is 0 Å². The van der Waals surface area contributed by atoms with Crippen molar-refractivity contribution in [2.24, 2.45) is 12.5 Å². The molecule has 1 fully saturated rings. The van der Waals surface area contributed by atoms with Crippen molar-refractivity contribution in [3.8, 4) is 0 Å². The van der Waals surface area contributed by atoms with E-state index in [9.17, 15) is 4.79 Å². The summed E-state index contributed by atoms with van der Waals surface area (Å²) in [6.45, 7) is 4.47. The van der Waals surface area contributed by atoms with Crippen molar-refractivity contribution in [1.29, 1.82) is 0 Å². The van der Waals surface area contributed by atoms with Crippen molar-refractivity contribution < 1.29 is 4.79 Å². The number of rotatable bonds is 4. The van der Waals surface area contributed by atoms with Crippen LogP contribution in [-0.2, 0) is 18.4 Å². The fourth-order valence-electron chi connectivity index (χ4n) is 2.44. The van der Waals surface area contributed by atoms with Gasteiger partial charge in [0.15, 0.2) is 0 Å². The van der Waals surface area contributed by atoms with Crippen LogP contribution in [0.25, 0.3) is 0 Å². The third-order valence-electron chi connectivity index (χ3n) is 3.88. The number of aryl methyl sites for hydroxylation is 1. The van der Waals surface area contributed by atoms with Crippen molar-refractivity contribution in [2.75, 3.05) is 13.1 Å². The Balaban J connectivity index is 1.95. The Kier molecular flexibility index (Phi) is 3.52. The molecule has 1 amide bonds. The van der Waals surface area contributed by atoms with E-state index in [-0.39, 0.29) is 11.3 Å². The number of hydrogen-bond acceptors (Lipinski definition) is 2. The normalized spacial score (nSPS) is 23.9. The molecule has 2 heterocycles. The molecule has 0 spiro atoms. The third kappa shape index (κ3) is 2.36. The molecule has 0 bridgehead atoms. The van der Waals surface area contributed by atoms with E-state index in [0.29, 0.717) is 6.54 Å². The molecular formula is C13H21N3O. The molecule has 17 heavy (non-hydrogen) atoms. The van der Waals surface area contributed by atoms with Crippen LogP contribution in [0.15, 0.2) is 18.3 Å². The summed E-state index contributed by atoms with van der Waals surface area (Å²) in [4.78, 5) is 12.2. The Morgan fingerprint density at radius 2 is 2.47 bits per heavy atom. The van der Waals surface area contributed by atoms with Crippen LogP contribution >= 0.6 is 0 Å². The Labute approximate surface area is 102 Å². The average molecular weight is 235 g/mol. The van der Waals surface area contributed by atoms with Crippen LogP contribution in [-0.4, -0.2) is 23.6 Å². The number of aromatic nitrogens is 1. The quantitative estimate of drug-likeness (QED) is 0.819. The molecule has 2 rings (SSSR count). The van der Waals surface area contributed by atoms with Crippen LogP contribution in [0.3, 0.4) is 0 Å². The zero-order valence-corrected chi connectivity index (χ0v) is 10.6. The molecule has 2 N–H and O–H groups in total. The topological polar surface area (TPSA) is 46.1 Å². The van der Waals surface area contributed by atoms with Crippen LogP contribution in [0, 0.1) is 5.41 Å². The van der Waals surface area contributed by atoms with Gasteiger partial charge in [0, 0.05) is 25.5 Å². The molecule has 1 unspecified atom stereocenters. The van der Waals surface area contributed by atoms with E-state index in [1.54, 1.807) is 0 Å². The molecule has 0 saturated carbocycles. The van der Waals surface area contributed by atoms with Gasteiger partial charge in [0.1, 0.15) is 0 Å². The Morgan fingerprint density at radius 3 is 3.00 bits per heavy atom. The van der Waals surface area contributed by atoms with E-state index in [4.69, 9.17) is 0 Å². The smallest absolute Gasteiger partial charge is 0.227 e. The van der Waals surface area contributed by atoms with Gasteiger partial charge in [-0.15, -0.1) is 0 Å². The highest BCUT2D eigenvalue weighted by Gasteiger charge is 2.39. The number of amides is 1. The monoisotopic (exact) mass is 235 g/mol. The van der Waals surface area contributed by atoms with Gasteiger partial charge in [-0.1, -0.05) is 6.92 Å². The number of carbonyl (C=O) groups excluding carboxylic acids is 1. The number of hydrogen-bond donors (Lipinski definition) is 2. The highest BCUT2D eigenvalue weighted by Crippen LogP contribution is 2.29. The largest absolute Gasteiger partial charge is 0.353 e. The van der Waals surface area contributed by atoms with Gasteiger partial charge in [-0.3, -0.25) is 4.79 Å². The van der Waals surface area contributed by atoms with Crippen LogP contribution in [0.1, 0.15) is 25.5 Å². The molecule has 94 valence electrons. The Hall–Kier alpha value is -1.29. The highest BCUT2D eigenvalue weighted by atomic mass is 16.2. The Morgan fingerprint density at radius 1 is 1.65 bits per heavy atom. The van der Waals surface area contributed by atoms with E-state index in [0.717, 1.165) is 31.6 Å². The van der Waals surface area contributed by atoms with Gasteiger partial charge < -0.3 is 15.2 Å². The zero-order chi connectivity index (χ0) is 12.3. The van der Waals surface area contributed by atoms with Gasteiger partial charge in [0.05, 0.1) is 12.0 Å². The van der Waals surface area contributed by atoms with Crippen molar-refractivity contribution in [3.05, 3.63) is 24.0 Å². The standard InChI is InChI=1S/C13H21N3O/c1-3-13(6-7-14-10-13)12(17)15-9-11-5-4-8-16(11)2/h4-5,8,14H,3,6-7,9-10H2,1-2H3,(H,15,17). The maximum absolute atomic E-state index is 12.2. The summed E-state index contributed by atoms with van der Waals surface area (Å²) in [5.74, 6) is 0.186. The summed E-state index contributed by atoms with van der Waals surface area (Å²) in [5.41, 5.74) is 0.945. The minimum atomic E-state index is -0.189. The van der Waals surface area contributed by atoms with Crippen molar-refractivity contribution >= 4 is 5.91 Å². The fraction of sp³-hybridized carbons (Fsp3) is 0.615. The number of nitrogens with zero attached hydrogens (tertiary/aromatic N) is 1. The molecule has 4 nitrogen and oxygen atoms in total. The van der Waals surface area contributed by atoms with E-state index < -0.39 is 0 Å². The lowest BCUT2D eigenvalue weighted by molar-refractivity contribution is -0.130. The maximum atomic E-state index is 12.2. The second kappa shape index (κ2) is 4.92. The zero-order valence-electron chi connectivity index (χ0n) is 10.6. The molecule has 0 aromatic carbocycles. The highest BCUT2D eigenvalue weighted by molar-refractivity contribution is 5.83. The summed E-state index contributed by atoms with van der Waals surface area (Å²) < 4.78 is 2.03. The molecular weight excluding hydrogens is 214 g/mol. The summed E-state index contributed by atoms with van der Waals surface area (Å²) in [5, 5.41) is 6.34. The molecule has 1 saturated heterocycles. The summed E-state index contributed by atoms with van der Waals surface area (Å²) in [6.07, 6.45) is 3.84. The van der Waals surface area contributed by atoms with Gasteiger partial charge in [-0.05, 0) is 31.5 Å². The molecule has 1 aromatic heterocycles. The first-order chi connectivity index (χ1) is 8.18. The molecule has 1 atom stereocenters. The Bertz CT molecular complexity index is 391. The SMILES string of the molecule is CCC1(C(=O)NCc2cccn2C)CCNC1. The van der Waals surface area contributed by atoms with Gasteiger partial charge in [-0.25, -0.2) is 0 Å². The lowest BCUT2D eigenvalue weighted by Gasteiger charge is -2.25. The van der Waals surface area contributed by atoms with Gasteiger partial charge in [-0.2, -0.15) is 0 Å². The maximum Gasteiger partial charge on any atom is 0.227 e. The molecule has 1 aromatic rings. The van der Waals surface area contributed by atoms with E-state index >= 15 is 0 Å². The summed E-state index contributed by atoms with van der Waals surface area (Å²) in [6, 6.07) is 4.03. The number of carbonyl (C=O) groups is 1. The van der Waals surface area contributed by atoms with Crippen LogP contribution in [0.2, 0.25) is 0 Å². The van der Waals surface area contributed by atoms with E-state index in [1.165, 1.54) is 0 Å². The van der Waals surface area contributed by atoms with E-state index in [2.05, 4.69) is 17.6 Å². The van der Waals surface area contributed by atoms with Crippen LogP contribution in [0.5, 0.6) is 0 Å². The van der Waals surface area contributed by atoms with Crippen molar-refractivity contribution in [2.45, 2.75) is 26.3 Å². The predicted octanol–water partition coefficient (Wildman–Crippen LogP) is 1.03. The molecule has 0 radical (unpaired) electrons. The minimum Gasteiger partial charge on any atom is -0.353 e. The first kappa shape index (κ1) is 12.2. The number of nitrogens with one attached hydrogen (secondary N) is 2. The molecule has 4 heteroatoms. The van der Waals surface area contributed by atoms with Crippen LogP contribution < -0.4 is 10.6 Å². The second-order valence-electron chi connectivity index (χ2n) is 4.85. The lowest BCUT2D eigenvalue weighted by atomic mass is 9.83. The summed E-state index contributed by atoms with van der Waals surface area (Å²) in [7, 11) is 1.99. The summed E-state index contributed by atoms with van der Waals surface area (Å²) >= 11 is 0. The minimum absolute atomic E-state index is 0.186.